The van der Waals surface area contributed by atoms with Crippen LogP contribution in [-0.2, 0) is 28.6 Å². The van der Waals surface area contributed by atoms with Crippen molar-refractivity contribution < 1.29 is 28.6 Å². The molecule has 0 aliphatic rings. The summed E-state index contributed by atoms with van der Waals surface area (Å²) in [6.45, 7) is 6.46. The van der Waals surface area contributed by atoms with Gasteiger partial charge < -0.3 is 14.2 Å². The standard InChI is InChI=1S/C67H118O6/c1-4-7-10-13-16-19-22-24-26-28-30-31-32-33-34-35-36-38-39-41-43-45-48-51-54-57-60-66(69)72-63-64(62-71-65(68)59-56-53-50-47-21-18-15-12-9-6-3)73-67(70)61-58-55-52-49-46-44-42-40-37-29-27-25-23-20-17-14-11-8-5-2/h8,11-12,15,17,20,25,27,37,40,44,46,64H,4-7,9-10,13-14,16,18-19,21-24,26,28-36,38-39,41-43,45,47-63H2,1-3H3/b11-8-,15-12-,20-17-,27-25-,40-37-,46-44-. The summed E-state index contributed by atoms with van der Waals surface area (Å²) in [5.74, 6) is -0.921. The highest BCUT2D eigenvalue weighted by Crippen LogP contribution is 2.17. The number of carbonyl (C=O) groups is 3. The Morgan fingerprint density at radius 3 is 0.918 bits per heavy atom. The second-order valence-corrected chi connectivity index (χ2v) is 20.9. The van der Waals surface area contributed by atoms with Crippen molar-refractivity contribution in [2.75, 3.05) is 13.2 Å². The second-order valence-electron chi connectivity index (χ2n) is 20.9. The summed E-state index contributed by atoms with van der Waals surface area (Å²) >= 11 is 0. The monoisotopic (exact) mass is 1020 g/mol. The van der Waals surface area contributed by atoms with Gasteiger partial charge in [-0.1, -0.05) is 286 Å². The van der Waals surface area contributed by atoms with Gasteiger partial charge in [0.15, 0.2) is 6.10 Å². The number of allylic oxidation sites excluding steroid dienone is 12. The number of carbonyl (C=O) groups excluding carboxylic acids is 3. The summed E-state index contributed by atoms with van der Waals surface area (Å²) in [5.41, 5.74) is 0. The largest absolute Gasteiger partial charge is 0.462 e. The quantitative estimate of drug-likeness (QED) is 0.0261. The molecule has 73 heavy (non-hydrogen) atoms. The van der Waals surface area contributed by atoms with Crippen molar-refractivity contribution in [2.24, 2.45) is 0 Å². The molecule has 0 radical (unpaired) electrons. The number of unbranched alkanes of at least 4 members (excludes halogenated alkanes) is 34. The minimum absolute atomic E-state index is 0.0892. The average Bonchev–Trinajstić information content (AvgIpc) is 3.39. The first-order chi connectivity index (χ1) is 36.0. The van der Waals surface area contributed by atoms with E-state index in [9.17, 15) is 14.4 Å². The summed E-state index contributed by atoms with van der Waals surface area (Å²) in [5, 5.41) is 0. The predicted molar refractivity (Wildman–Crippen MR) is 316 cm³/mol. The molecule has 6 heteroatoms. The van der Waals surface area contributed by atoms with Crippen LogP contribution in [0.4, 0.5) is 0 Å². The average molecular weight is 1020 g/mol. The Morgan fingerprint density at radius 1 is 0.288 bits per heavy atom. The number of esters is 3. The zero-order chi connectivity index (χ0) is 52.9. The van der Waals surface area contributed by atoms with Crippen molar-refractivity contribution >= 4 is 17.9 Å². The van der Waals surface area contributed by atoms with E-state index in [1.807, 2.05) is 0 Å². The van der Waals surface area contributed by atoms with Crippen LogP contribution >= 0.6 is 0 Å². The van der Waals surface area contributed by atoms with Gasteiger partial charge in [-0.15, -0.1) is 0 Å². The molecule has 0 N–H and O–H groups in total. The lowest BCUT2D eigenvalue weighted by atomic mass is 10.0. The first kappa shape index (κ1) is 69.8. The second kappa shape index (κ2) is 61.4. The molecule has 0 aliphatic heterocycles. The Bertz CT molecular complexity index is 1360. The summed E-state index contributed by atoms with van der Waals surface area (Å²) in [6, 6.07) is 0. The fourth-order valence-electron chi connectivity index (χ4n) is 9.00. The Kier molecular flexibility index (Phi) is 58.7. The highest BCUT2D eigenvalue weighted by molar-refractivity contribution is 5.71. The number of rotatable bonds is 57. The van der Waals surface area contributed by atoms with E-state index in [0.717, 1.165) is 116 Å². The van der Waals surface area contributed by atoms with Gasteiger partial charge in [-0.2, -0.15) is 0 Å². The molecule has 0 aliphatic carbocycles. The van der Waals surface area contributed by atoms with Gasteiger partial charge in [0.05, 0.1) is 0 Å². The molecule has 0 aromatic rings. The van der Waals surface area contributed by atoms with Crippen LogP contribution in [0.25, 0.3) is 0 Å². The first-order valence-electron chi connectivity index (χ1n) is 31.4. The maximum atomic E-state index is 12.9. The summed E-state index contributed by atoms with van der Waals surface area (Å²) in [4.78, 5) is 38.2. The van der Waals surface area contributed by atoms with Crippen LogP contribution in [0.15, 0.2) is 72.9 Å². The van der Waals surface area contributed by atoms with Crippen molar-refractivity contribution in [2.45, 2.75) is 322 Å². The van der Waals surface area contributed by atoms with Crippen LogP contribution < -0.4 is 0 Å². The smallest absolute Gasteiger partial charge is 0.306 e. The summed E-state index contributed by atoms with van der Waals surface area (Å²) in [6.07, 6.45) is 79.3. The van der Waals surface area contributed by atoms with Gasteiger partial charge in [0.25, 0.3) is 0 Å². The van der Waals surface area contributed by atoms with Crippen molar-refractivity contribution in [3.8, 4) is 0 Å². The van der Waals surface area contributed by atoms with Gasteiger partial charge in [-0.05, 0) is 83.5 Å². The molecular formula is C67H118O6. The molecule has 0 rings (SSSR count). The van der Waals surface area contributed by atoms with E-state index in [1.54, 1.807) is 0 Å². The third-order valence-electron chi connectivity index (χ3n) is 13.7. The van der Waals surface area contributed by atoms with Crippen molar-refractivity contribution in [1.82, 2.24) is 0 Å². The van der Waals surface area contributed by atoms with Crippen molar-refractivity contribution in [1.29, 1.82) is 0 Å². The van der Waals surface area contributed by atoms with E-state index < -0.39 is 6.10 Å². The molecule has 0 aromatic carbocycles. The van der Waals surface area contributed by atoms with E-state index in [1.165, 1.54) is 161 Å². The van der Waals surface area contributed by atoms with Crippen LogP contribution in [0.3, 0.4) is 0 Å². The number of hydrogen-bond acceptors (Lipinski definition) is 6. The molecule has 6 nitrogen and oxygen atoms in total. The lowest BCUT2D eigenvalue weighted by Crippen LogP contribution is -2.30. The first-order valence-corrected chi connectivity index (χ1v) is 31.4. The Morgan fingerprint density at radius 2 is 0.562 bits per heavy atom. The molecular weight excluding hydrogens is 901 g/mol. The highest BCUT2D eigenvalue weighted by Gasteiger charge is 2.19. The van der Waals surface area contributed by atoms with Gasteiger partial charge in [-0.25, -0.2) is 0 Å². The normalized spacial score (nSPS) is 12.5. The zero-order valence-electron chi connectivity index (χ0n) is 48.4. The van der Waals surface area contributed by atoms with Crippen molar-refractivity contribution in [3.63, 3.8) is 0 Å². The number of ether oxygens (including phenoxy) is 3. The maximum Gasteiger partial charge on any atom is 0.306 e. The molecule has 0 bridgehead atoms. The van der Waals surface area contributed by atoms with Gasteiger partial charge >= 0.3 is 17.9 Å². The Balaban J connectivity index is 4.23. The van der Waals surface area contributed by atoms with Crippen LogP contribution in [0.2, 0.25) is 0 Å². The maximum absolute atomic E-state index is 12.9. The van der Waals surface area contributed by atoms with Crippen LogP contribution in [-0.4, -0.2) is 37.2 Å². The lowest BCUT2D eigenvalue weighted by molar-refractivity contribution is -0.167. The SMILES string of the molecule is CC/C=C\C/C=C\C/C=C\C/C=C\C/C=C\CCCCCC(=O)OC(COC(=O)CCCCCCC/C=C\CCC)COC(=O)CCCCCCCCCCCCCCCCCCCCCCCCCCCC. The molecule has 0 heterocycles. The van der Waals surface area contributed by atoms with Gasteiger partial charge in [0.2, 0.25) is 0 Å². The topological polar surface area (TPSA) is 78.9 Å². The van der Waals surface area contributed by atoms with E-state index in [-0.39, 0.29) is 37.5 Å². The van der Waals surface area contributed by atoms with Gasteiger partial charge in [0, 0.05) is 19.3 Å². The number of hydrogen-bond donors (Lipinski definition) is 0. The Labute approximate surface area is 453 Å². The third kappa shape index (κ3) is 59.6. The minimum atomic E-state index is -0.795. The van der Waals surface area contributed by atoms with Crippen LogP contribution in [0.1, 0.15) is 316 Å². The summed E-state index contributed by atoms with van der Waals surface area (Å²) < 4.78 is 16.8. The molecule has 0 spiro atoms. The van der Waals surface area contributed by atoms with E-state index in [4.69, 9.17) is 14.2 Å². The van der Waals surface area contributed by atoms with E-state index >= 15 is 0 Å². The minimum Gasteiger partial charge on any atom is -0.462 e. The molecule has 422 valence electrons. The fraction of sp³-hybridized carbons (Fsp3) is 0.776. The van der Waals surface area contributed by atoms with Crippen LogP contribution in [0, 0.1) is 0 Å². The molecule has 0 fully saturated rings. The van der Waals surface area contributed by atoms with E-state index in [0.29, 0.717) is 12.8 Å². The lowest BCUT2D eigenvalue weighted by Gasteiger charge is -2.18. The molecule has 1 unspecified atom stereocenters. The van der Waals surface area contributed by atoms with E-state index in [2.05, 4.69) is 93.7 Å². The molecule has 0 saturated heterocycles. The predicted octanol–water partition coefficient (Wildman–Crippen LogP) is 21.3. The fourth-order valence-corrected chi connectivity index (χ4v) is 9.00. The molecule has 0 aromatic heterocycles. The van der Waals surface area contributed by atoms with Gasteiger partial charge in [0.1, 0.15) is 13.2 Å². The van der Waals surface area contributed by atoms with Crippen molar-refractivity contribution in [3.05, 3.63) is 72.9 Å². The zero-order valence-corrected chi connectivity index (χ0v) is 48.4. The van der Waals surface area contributed by atoms with Crippen LogP contribution in [0.5, 0.6) is 0 Å². The Hall–Kier alpha value is -3.15. The highest BCUT2D eigenvalue weighted by atomic mass is 16.6. The molecule has 1 atom stereocenters. The summed E-state index contributed by atoms with van der Waals surface area (Å²) in [7, 11) is 0. The molecule has 0 amide bonds. The third-order valence-corrected chi connectivity index (χ3v) is 13.7. The van der Waals surface area contributed by atoms with Gasteiger partial charge in [-0.3, -0.25) is 14.4 Å². The molecule has 0 saturated carbocycles.